The van der Waals surface area contributed by atoms with Crippen LogP contribution in [0.3, 0.4) is 0 Å². The van der Waals surface area contributed by atoms with Crippen molar-refractivity contribution in [2.24, 2.45) is 0 Å². The lowest BCUT2D eigenvalue weighted by Gasteiger charge is -2.08. The highest BCUT2D eigenvalue weighted by atomic mass is 79.9. The molecule has 0 aliphatic rings. The maximum Gasteiger partial charge on any atom is 0.233 e. The van der Waals surface area contributed by atoms with Gasteiger partial charge in [-0.05, 0) is 58.7 Å². The van der Waals surface area contributed by atoms with E-state index >= 15 is 0 Å². The van der Waals surface area contributed by atoms with E-state index in [0.29, 0.717) is 5.88 Å². The van der Waals surface area contributed by atoms with Gasteiger partial charge < -0.3 is 9.47 Å². The monoisotopic (exact) mass is 307 g/mol. The van der Waals surface area contributed by atoms with Crippen LogP contribution in [-0.2, 0) is 0 Å². The van der Waals surface area contributed by atoms with Gasteiger partial charge >= 0.3 is 0 Å². The Balaban J connectivity index is 2.04. The summed E-state index contributed by atoms with van der Waals surface area (Å²) in [6.07, 6.45) is 2.69. The Morgan fingerprint density at radius 1 is 1.11 bits per heavy atom. The minimum Gasteiger partial charge on any atom is -0.494 e. The average Bonchev–Trinajstić information content (AvgIpc) is 2.41. The van der Waals surface area contributed by atoms with E-state index in [1.54, 1.807) is 6.20 Å². The quantitative estimate of drug-likeness (QED) is 0.819. The summed E-state index contributed by atoms with van der Waals surface area (Å²) >= 11 is 3.39. The predicted octanol–water partition coefficient (Wildman–Crippen LogP) is 4.43. The van der Waals surface area contributed by atoms with Gasteiger partial charge in [0.05, 0.1) is 11.1 Å². The molecule has 0 unspecified atom stereocenters. The topological polar surface area (TPSA) is 31.4 Å². The van der Waals surface area contributed by atoms with Crippen molar-refractivity contribution in [2.75, 3.05) is 6.61 Å². The van der Waals surface area contributed by atoms with Crippen molar-refractivity contribution < 1.29 is 9.47 Å². The summed E-state index contributed by atoms with van der Waals surface area (Å²) in [5.41, 5.74) is 0. The Hall–Kier alpha value is -1.55. The number of rotatable bonds is 5. The van der Waals surface area contributed by atoms with E-state index in [2.05, 4.69) is 27.8 Å². The van der Waals surface area contributed by atoms with Crippen molar-refractivity contribution in [3.05, 3.63) is 47.1 Å². The van der Waals surface area contributed by atoms with Crippen LogP contribution in [0.1, 0.15) is 13.3 Å². The van der Waals surface area contributed by atoms with E-state index in [1.165, 1.54) is 0 Å². The second kappa shape index (κ2) is 6.40. The molecule has 2 rings (SSSR count). The molecule has 0 spiro atoms. The van der Waals surface area contributed by atoms with Crippen molar-refractivity contribution in [1.82, 2.24) is 4.98 Å². The van der Waals surface area contributed by atoms with Crippen molar-refractivity contribution in [3.8, 4) is 17.4 Å². The lowest BCUT2D eigenvalue weighted by atomic mass is 10.3. The van der Waals surface area contributed by atoms with Crippen molar-refractivity contribution in [3.63, 3.8) is 0 Å². The Morgan fingerprint density at radius 2 is 1.83 bits per heavy atom. The molecular weight excluding hydrogens is 294 g/mol. The van der Waals surface area contributed by atoms with Gasteiger partial charge in [-0.3, -0.25) is 0 Å². The van der Waals surface area contributed by atoms with Crippen LogP contribution in [0.5, 0.6) is 17.4 Å². The summed E-state index contributed by atoms with van der Waals surface area (Å²) in [7, 11) is 0. The molecule has 1 aromatic carbocycles. The summed E-state index contributed by atoms with van der Waals surface area (Å²) in [6.45, 7) is 2.81. The fourth-order valence-electron chi connectivity index (χ4n) is 1.38. The minimum atomic E-state index is 0.555. The molecule has 94 valence electrons. The van der Waals surface area contributed by atoms with Crippen LogP contribution in [0.2, 0.25) is 0 Å². The highest BCUT2D eigenvalue weighted by Crippen LogP contribution is 2.27. The van der Waals surface area contributed by atoms with Gasteiger partial charge in [0.1, 0.15) is 11.5 Å². The zero-order valence-corrected chi connectivity index (χ0v) is 11.7. The third-order valence-corrected chi connectivity index (χ3v) is 2.84. The lowest BCUT2D eigenvalue weighted by Crippen LogP contribution is -1.94. The number of hydrogen-bond acceptors (Lipinski definition) is 3. The Bertz CT molecular complexity index is 499. The zero-order valence-electron chi connectivity index (χ0n) is 10.1. The maximum absolute atomic E-state index is 5.66. The number of benzene rings is 1. The van der Waals surface area contributed by atoms with Gasteiger partial charge in [0.15, 0.2) is 0 Å². The number of ether oxygens (including phenoxy) is 2. The molecule has 0 amide bonds. The highest BCUT2D eigenvalue weighted by Gasteiger charge is 2.03. The molecule has 2 aromatic rings. The minimum absolute atomic E-state index is 0.555. The zero-order chi connectivity index (χ0) is 12.8. The number of halogens is 1. The number of hydrogen-bond donors (Lipinski definition) is 0. The molecule has 0 aliphatic carbocycles. The molecule has 0 fully saturated rings. The van der Waals surface area contributed by atoms with Gasteiger partial charge in [0.25, 0.3) is 0 Å². The lowest BCUT2D eigenvalue weighted by molar-refractivity contribution is 0.317. The Morgan fingerprint density at radius 3 is 2.50 bits per heavy atom. The van der Waals surface area contributed by atoms with Gasteiger partial charge in [-0.1, -0.05) is 6.92 Å². The summed E-state index contributed by atoms with van der Waals surface area (Å²) in [5.74, 6) is 2.14. The summed E-state index contributed by atoms with van der Waals surface area (Å²) in [6, 6.07) is 11.3. The smallest absolute Gasteiger partial charge is 0.233 e. The molecule has 3 nitrogen and oxygen atoms in total. The van der Waals surface area contributed by atoms with E-state index in [1.807, 2.05) is 36.4 Å². The van der Waals surface area contributed by atoms with Crippen LogP contribution >= 0.6 is 15.9 Å². The number of nitrogens with zero attached hydrogens (tertiary/aromatic N) is 1. The molecule has 4 heteroatoms. The molecule has 0 atom stereocenters. The number of pyridine rings is 1. The van der Waals surface area contributed by atoms with Crippen molar-refractivity contribution in [2.45, 2.75) is 13.3 Å². The van der Waals surface area contributed by atoms with Gasteiger partial charge in [-0.2, -0.15) is 0 Å². The molecule has 0 saturated heterocycles. The summed E-state index contributed by atoms with van der Waals surface area (Å²) in [4.78, 5) is 4.15. The van der Waals surface area contributed by atoms with E-state index in [9.17, 15) is 0 Å². The molecule has 0 saturated carbocycles. The molecular formula is C14H14BrNO2. The third-order valence-electron chi connectivity index (χ3n) is 2.24. The molecule has 1 aromatic heterocycles. The first-order chi connectivity index (χ1) is 8.79. The van der Waals surface area contributed by atoms with Crippen LogP contribution in [0.25, 0.3) is 0 Å². The Kier molecular flexibility index (Phi) is 4.59. The molecule has 1 heterocycles. The fourth-order valence-corrected chi connectivity index (χ4v) is 1.72. The van der Waals surface area contributed by atoms with Crippen LogP contribution in [0.15, 0.2) is 47.1 Å². The SMILES string of the molecule is CCCOc1ccc(Oc2ncccc2Br)cc1. The molecule has 0 bridgehead atoms. The Labute approximate surface area is 115 Å². The second-order valence-electron chi connectivity index (χ2n) is 3.71. The maximum atomic E-state index is 5.66. The summed E-state index contributed by atoms with van der Waals surface area (Å²) in [5, 5.41) is 0. The normalized spacial score (nSPS) is 10.1. The van der Waals surface area contributed by atoms with E-state index in [4.69, 9.17) is 9.47 Å². The average molecular weight is 308 g/mol. The second-order valence-corrected chi connectivity index (χ2v) is 4.57. The largest absolute Gasteiger partial charge is 0.494 e. The molecule has 0 N–H and O–H groups in total. The summed E-state index contributed by atoms with van der Waals surface area (Å²) < 4.78 is 12.0. The van der Waals surface area contributed by atoms with Gasteiger partial charge in [-0.15, -0.1) is 0 Å². The molecule has 0 aliphatic heterocycles. The first-order valence-corrected chi connectivity index (χ1v) is 6.60. The van der Waals surface area contributed by atoms with E-state index < -0.39 is 0 Å². The van der Waals surface area contributed by atoms with E-state index in [-0.39, 0.29) is 0 Å². The van der Waals surface area contributed by atoms with Gasteiger partial charge in [-0.25, -0.2) is 4.98 Å². The highest BCUT2D eigenvalue weighted by molar-refractivity contribution is 9.10. The first kappa shape index (κ1) is 12.9. The van der Waals surface area contributed by atoms with Crippen LogP contribution < -0.4 is 9.47 Å². The van der Waals surface area contributed by atoms with Gasteiger partial charge in [0.2, 0.25) is 5.88 Å². The van der Waals surface area contributed by atoms with E-state index in [0.717, 1.165) is 29.0 Å². The molecule has 18 heavy (non-hydrogen) atoms. The van der Waals surface area contributed by atoms with Crippen molar-refractivity contribution in [1.29, 1.82) is 0 Å². The van der Waals surface area contributed by atoms with Crippen LogP contribution in [0, 0.1) is 0 Å². The fraction of sp³-hybridized carbons (Fsp3) is 0.214. The van der Waals surface area contributed by atoms with Crippen LogP contribution in [-0.4, -0.2) is 11.6 Å². The van der Waals surface area contributed by atoms with Crippen LogP contribution in [0.4, 0.5) is 0 Å². The van der Waals surface area contributed by atoms with Gasteiger partial charge in [0, 0.05) is 6.20 Å². The first-order valence-electron chi connectivity index (χ1n) is 5.81. The van der Waals surface area contributed by atoms with Crippen molar-refractivity contribution >= 4 is 15.9 Å². The third kappa shape index (κ3) is 3.47. The number of aromatic nitrogens is 1. The predicted molar refractivity (Wildman–Crippen MR) is 74.2 cm³/mol. The molecule has 0 radical (unpaired) electrons. The standard InChI is InChI=1S/C14H14BrNO2/c1-2-10-17-11-5-7-12(8-6-11)18-14-13(15)4-3-9-16-14/h3-9H,2,10H2,1H3.